The van der Waals surface area contributed by atoms with Gasteiger partial charge in [0.1, 0.15) is 0 Å². The Bertz CT molecular complexity index is 1540. The van der Waals surface area contributed by atoms with E-state index in [0.717, 1.165) is 62.5 Å². The molecule has 0 N–H and O–H groups in total. The highest BCUT2D eigenvalue weighted by Gasteiger charge is 2.49. The van der Waals surface area contributed by atoms with E-state index in [-0.39, 0.29) is 70.8 Å². The zero-order chi connectivity index (χ0) is 44.8. The van der Waals surface area contributed by atoms with Crippen LogP contribution in [0.5, 0.6) is 0 Å². The summed E-state index contributed by atoms with van der Waals surface area (Å²) in [5, 5.41) is 0.161. The zero-order valence-corrected chi connectivity index (χ0v) is 42.6. The Balaban J connectivity index is 1.46. The maximum absolute atomic E-state index is 12.2. The minimum atomic E-state index is -2.14. The van der Waals surface area contributed by atoms with Crippen LogP contribution in [-0.4, -0.2) is 91.8 Å². The largest absolute Gasteiger partial charge is 0.465 e. The Hall–Kier alpha value is -1.64. The Morgan fingerprint density at radius 1 is 0.833 bits per heavy atom. The van der Waals surface area contributed by atoms with Crippen LogP contribution in [0.25, 0.3) is 0 Å². The van der Waals surface area contributed by atoms with E-state index in [1.54, 1.807) is 0 Å². The van der Waals surface area contributed by atoms with E-state index in [1.807, 2.05) is 27.9 Å². The first-order valence-corrected chi connectivity index (χ1v) is 28.9. The average Bonchev–Trinajstić information content (AvgIpc) is 3.66. The molecule has 0 aromatic heterocycles. The van der Waals surface area contributed by atoms with Gasteiger partial charge in [-0.05, 0) is 125 Å². The molecule has 0 amide bonds. The number of hydrogen-bond donors (Lipinski definition) is 0. The topological polar surface area (TPSA) is 81.7 Å². The van der Waals surface area contributed by atoms with Crippen molar-refractivity contribution in [3.63, 3.8) is 0 Å². The zero-order valence-electron chi connectivity index (χ0n) is 40.6. The Kier molecular flexibility index (Phi) is 17.8. The molecule has 0 bridgehead atoms. The van der Waals surface area contributed by atoms with Crippen LogP contribution in [0.1, 0.15) is 126 Å². The lowest BCUT2D eigenvalue weighted by Crippen LogP contribution is -2.49. The van der Waals surface area contributed by atoms with Gasteiger partial charge >= 0.3 is 5.97 Å². The number of carbonyl (C=O) groups is 1. The SMILES string of the molecule is C=C1C(C[C@@H]2O[C@H](C[C@@H](CO[Si](C)(C)C(C)(C)C)O[Si](C)(C)C(C)(C)C)[C@H](OC)[C@H]2Cc2ccccc2)OC(CC[C@@H]2OC(CCCOC(=O)C(C)(C)C)CC2=C)C[C@H]1C. The summed E-state index contributed by atoms with van der Waals surface area (Å²) in [4.78, 5) is 12.2. The van der Waals surface area contributed by atoms with Crippen molar-refractivity contribution in [3.8, 4) is 0 Å². The van der Waals surface area contributed by atoms with Crippen LogP contribution in [0, 0.1) is 17.3 Å². The van der Waals surface area contributed by atoms with Gasteiger partial charge in [0.15, 0.2) is 16.6 Å². The van der Waals surface area contributed by atoms with Crippen LogP contribution >= 0.6 is 0 Å². The molecule has 3 aliphatic rings. The van der Waals surface area contributed by atoms with Crippen molar-refractivity contribution >= 4 is 22.6 Å². The molecule has 3 heterocycles. The molecule has 3 aliphatic heterocycles. The number of methoxy groups -OCH3 is 1. The third-order valence-corrected chi connectivity index (χ3v) is 23.5. The van der Waals surface area contributed by atoms with E-state index in [2.05, 4.69) is 118 Å². The predicted molar refractivity (Wildman–Crippen MR) is 250 cm³/mol. The Labute approximate surface area is 368 Å². The highest BCUT2D eigenvalue weighted by molar-refractivity contribution is 6.74. The number of benzene rings is 1. The second kappa shape index (κ2) is 20.9. The summed E-state index contributed by atoms with van der Waals surface area (Å²) >= 11 is 0. The van der Waals surface area contributed by atoms with Crippen molar-refractivity contribution in [3.05, 3.63) is 60.2 Å². The Morgan fingerprint density at radius 3 is 2.07 bits per heavy atom. The van der Waals surface area contributed by atoms with E-state index < -0.39 is 22.0 Å². The van der Waals surface area contributed by atoms with E-state index >= 15 is 0 Å². The summed E-state index contributed by atoms with van der Waals surface area (Å²) < 4.78 is 46.8. The number of carbonyl (C=O) groups excluding carboxylic acids is 1. The lowest BCUT2D eigenvalue weighted by Gasteiger charge is -2.42. The second-order valence-corrected chi connectivity index (χ2v) is 32.0. The molecule has 0 radical (unpaired) electrons. The standard InChI is InChI=1S/C50H86O8Si2/c1-34-28-39(25-26-42-35(2)29-38(55-42)24-21-27-53-47(51)48(4,5)6)56-43(36(34)3)32-44-41(30-37-22-19-18-20-23-37)46(52-13)45(57-44)31-40(58-60(16,17)50(10,11)12)33-54-59(14,15)49(7,8)9/h18-20,22-23,34,38-46H,2-3,21,24-33H2,1,4-17H3/t34-,38?,39?,40+,41+,42+,43?,44+,45-,46-/m1/s1. The molecule has 4 rings (SSSR count). The molecule has 0 spiro atoms. The van der Waals surface area contributed by atoms with Gasteiger partial charge < -0.3 is 32.5 Å². The van der Waals surface area contributed by atoms with Gasteiger partial charge in [0.2, 0.25) is 0 Å². The first kappa shape index (κ1) is 51.0. The van der Waals surface area contributed by atoms with Gasteiger partial charge in [-0.15, -0.1) is 0 Å². The average molecular weight is 871 g/mol. The molecule has 3 saturated heterocycles. The summed E-state index contributed by atoms with van der Waals surface area (Å²) in [6.45, 7) is 41.0. The number of hydrogen-bond acceptors (Lipinski definition) is 8. The van der Waals surface area contributed by atoms with E-state index in [0.29, 0.717) is 25.6 Å². The van der Waals surface area contributed by atoms with Gasteiger partial charge in [-0.3, -0.25) is 4.79 Å². The van der Waals surface area contributed by atoms with E-state index in [4.69, 9.17) is 32.5 Å². The van der Waals surface area contributed by atoms with Gasteiger partial charge in [-0.2, -0.15) is 0 Å². The molecular weight excluding hydrogens is 785 g/mol. The summed E-state index contributed by atoms with van der Waals surface area (Å²) in [6, 6.07) is 10.7. The molecule has 60 heavy (non-hydrogen) atoms. The molecule has 8 nitrogen and oxygen atoms in total. The lowest BCUT2D eigenvalue weighted by atomic mass is 9.81. The van der Waals surface area contributed by atoms with Crippen molar-refractivity contribution in [2.75, 3.05) is 20.3 Å². The van der Waals surface area contributed by atoms with E-state index in [1.165, 1.54) is 5.56 Å². The Morgan fingerprint density at radius 2 is 1.47 bits per heavy atom. The fourth-order valence-electron chi connectivity index (χ4n) is 8.41. The highest BCUT2D eigenvalue weighted by Crippen LogP contribution is 2.44. The minimum absolute atomic E-state index is 0.0216. The molecule has 3 unspecified atom stereocenters. The van der Waals surface area contributed by atoms with Gasteiger partial charge in [0.25, 0.3) is 0 Å². The number of ether oxygens (including phenoxy) is 5. The van der Waals surface area contributed by atoms with Crippen LogP contribution in [0.15, 0.2) is 54.6 Å². The molecule has 1 aromatic carbocycles. The summed E-state index contributed by atoms with van der Waals surface area (Å²) in [7, 11) is -2.32. The fourth-order valence-corrected chi connectivity index (χ4v) is 10.8. The van der Waals surface area contributed by atoms with Crippen LogP contribution < -0.4 is 0 Å². The molecule has 0 saturated carbocycles. The van der Waals surface area contributed by atoms with Crippen molar-refractivity contribution in [1.29, 1.82) is 0 Å². The second-order valence-electron chi connectivity index (χ2n) is 22.5. The summed E-state index contributed by atoms with van der Waals surface area (Å²) in [6.07, 6.45) is 7.18. The van der Waals surface area contributed by atoms with Crippen LogP contribution in [-0.2, 0) is 43.8 Å². The first-order valence-electron chi connectivity index (χ1n) is 23.1. The van der Waals surface area contributed by atoms with Crippen LogP contribution in [0.2, 0.25) is 36.3 Å². The van der Waals surface area contributed by atoms with Crippen molar-refractivity contribution in [2.45, 2.75) is 212 Å². The smallest absolute Gasteiger partial charge is 0.311 e. The minimum Gasteiger partial charge on any atom is -0.465 e. The number of esters is 1. The van der Waals surface area contributed by atoms with Crippen molar-refractivity contribution < 1.29 is 37.3 Å². The molecule has 0 aliphatic carbocycles. The molecule has 1 aromatic rings. The molecule has 3 fully saturated rings. The third-order valence-electron chi connectivity index (χ3n) is 14.4. The van der Waals surface area contributed by atoms with Gasteiger partial charge in [0, 0.05) is 25.9 Å². The quantitative estimate of drug-likeness (QED) is 0.0588. The predicted octanol–water partition coefficient (Wildman–Crippen LogP) is 12.0. The monoisotopic (exact) mass is 871 g/mol. The molecular formula is C50H86O8Si2. The van der Waals surface area contributed by atoms with Gasteiger partial charge in [-0.1, -0.05) is 92.0 Å². The molecule has 342 valence electrons. The third kappa shape index (κ3) is 13.9. The van der Waals surface area contributed by atoms with Crippen molar-refractivity contribution in [1.82, 2.24) is 0 Å². The van der Waals surface area contributed by atoms with Crippen molar-refractivity contribution in [2.24, 2.45) is 17.3 Å². The summed E-state index contributed by atoms with van der Waals surface area (Å²) in [5.74, 6) is 0.309. The van der Waals surface area contributed by atoms with Crippen LogP contribution in [0.4, 0.5) is 0 Å². The fraction of sp³-hybridized carbons (Fsp3) is 0.780. The highest BCUT2D eigenvalue weighted by atomic mass is 28.4. The first-order chi connectivity index (χ1) is 27.7. The maximum atomic E-state index is 12.2. The molecule has 10 heteroatoms. The maximum Gasteiger partial charge on any atom is 0.311 e. The summed E-state index contributed by atoms with van der Waals surface area (Å²) in [5.41, 5.74) is 3.10. The van der Waals surface area contributed by atoms with Gasteiger partial charge in [0.05, 0.1) is 67.5 Å². The molecule has 10 atom stereocenters. The van der Waals surface area contributed by atoms with Crippen LogP contribution in [0.3, 0.4) is 0 Å². The van der Waals surface area contributed by atoms with Gasteiger partial charge in [-0.25, -0.2) is 0 Å². The lowest BCUT2D eigenvalue weighted by molar-refractivity contribution is -0.153. The normalized spacial score (nSPS) is 28.9. The number of rotatable bonds is 19. The van der Waals surface area contributed by atoms with E-state index in [9.17, 15) is 4.79 Å².